The van der Waals surface area contributed by atoms with Crippen molar-refractivity contribution in [3.8, 4) is 0 Å². The molecule has 0 aliphatic carbocycles. The molecule has 2 aliphatic rings. The molecule has 1 aromatic heterocycles. The van der Waals surface area contributed by atoms with Gasteiger partial charge in [-0.05, 0) is 43.6 Å². The number of rotatable bonds is 4. The number of hydrogen-bond donors (Lipinski definition) is 1. The van der Waals surface area contributed by atoms with E-state index in [-0.39, 0.29) is 5.60 Å². The molecule has 4 heteroatoms. The quantitative estimate of drug-likeness (QED) is 0.920. The molecule has 3 rings (SSSR count). The molecule has 0 aromatic carbocycles. The molecule has 106 valence electrons. The molecule has 0 radical (unpaired) electrons. The monoisotopic (exact) mass is 281 g/mol. The van der Waals surface area contributed by atoms with Crippen molar-refractivity contribution in [3.63, 3.8) is 0 Å². The molecule has 1 N–H and O–H groups in total. The second-order valence-corrected chi connectivity index (χ2v) is 6.65. The van der Waals surface area contributed by atoms with Gasteiger partial charge >= 0.3 is 0 Å². The zero-order chi connectivity index (χ0) is 13.0. The van der Waals surface area contributed by atoms with Gasteiger partial charge in [0.15, 0.2) is 0 Å². The lowest BCUT2D eigenvalue weighted by molar-refractivity contribution is -0.140. The Hall–Kier alpha value is -0.420. The third-order valence-corrected chi connectivity index (χ3v) is 5.22. The molecule has 0 unspecified atom stereocenters. The second kappa shape index (κ2) is 6.35. The van der Waals surface area contributed by atoms with Crippen molar-refractivity contribution in [3.05, 3.63) is 22.4 Å². The fourth-order valence-corrected chi connectivity index (χ4v) is 3.86. The van der Waals surface area contributed by atoms with E-state index >= 15 is 0 Å². The molecular formula is C15H23NO2S. The van der Waals surface area contributed by atoms with Gasteiger partial charge < -0.3 is 14.8 Å². The van der Waals surface area contributed by atoms with Crippen LogP contribution < -0.4 is 5.32 Å². The molecule has 1 atom stereocenters. The highest BCUT2D eigenvalue weighted by molar-refractivity contribution is 7.09. The first kappa shape index (κ1) is 13.6. The van der Waals surface area contributed by atoms with Crippen LogP contribution in [0.3, 0.4) is 0 Å². The molecule has 19 heavy (non-hydrogen) atoms. The number of nitrogens with one attached hydrogen (secondary N) is 1. The summed E-state index contributed by atoms with van der Waals surface area (Å²) in [6.07, 6.45) is 5.57. The fraction of sp³-hybridized carbons (Fsp3) is 0.733. The van der Waals surface area contributed by atoms with E-state index in [1.807, 2.05) is 11.3 Å². The summed E-state index contributed by atoms with van der Waals surface area (Å²) >= 11 is 1.85. The minimum absolute atomic E-state index is 0.108. The second-order valence-electron chi connectivity index (χ2n) is 5.62. The van der Waals surface area contributed by atoms with Gasteiger partial charge in [0.25, 0.3) is 0 Å². The van der Waals surface area contributed by atoms with Crippen molar-refractivity contribution >= 4 is 11.3 Å². The van der Waals surface area contributed by atoms with Crippen LogP contribution in [0.4, 0.5) is 0 Å². The van der Waals surface area contributed by atoms with Crippen molar-refractivity contribution in [1.29, 1.82) is 0 Å². The van der Waals surface area contributed by atoms with Crippen molar-refractivity contribution in [2.75, 3.05) is 26.4 Å². The van der Waals surface area contributed by atoms with E-state index in [4.69, 9.17) is 9.47 Å². The molecule has 0 amide bonds. The maximum atomic E-state index is 6.07. The van der Waals surface area contributed by atoms with Gasteiger partial charge in [0.1, 0.15) is 0 Å². The van der Waals surface area contributed by atoms with Gasteiger partial charge in [-0.3, -0.25) is 0 Å². The zero-order valence-electron chi connectivity index (χ0n) is 11.4. The Morgan fingerprint density at radius 3 is 3.00 bits per heavy atom. The highest BCUT2D eigenvalue weighted by Crippen LogP contribution is 2.34. The highest BCUT2D eigenvalue weighted by Gasteiger charge is 2.38. The first-order chi connectivity index (χ1) is 9.36. The van der Waals surface area contributed by atoms with Crippen molar-refractivity contribution in [2.45, 2.75) is 43.7 Å². The molecule has 2 aliphatic heterocycles. The predicted molar refractivity (Wildman–Crippen MR) is 77.8 cm³/mol. The molecule has 2 saturated heterocycles. The summed E-state index contributed by atoms with van der Waals surface area (Å²) in [4.78, 5) is 1.47. The summed E-state index contributed by atoms with van der Waals surface area (Å²) < 4.78 is 11.5. The molecule has 2 fully saturated rings. The van der Waals surface area contributed by atoms with Gasteiger partial charge in [-0.1, -0.05) is 6.07 Å². The van der Waals surface area contributed by atoms with Crippen LogP contribution in [0.2, 0.25) is 0 Å². The topological polar surface area (TPSA) is 30.5 Å². The normalized spacial score (nSPS) is 26.6. The Balaban J connectivity index is 1.45. The Kier molecular flexibility index (Phi) is 4.53. The highest BCUT2D eigenvalue weighted by atomic mass is 32.1. The third-order valence-electron chi connectivity index (χ3n) is 4.28. The van der Waals surface area contributed by atoms with E-state index in [0.29, 0.717) is 6.04 Å². The van der Waals surface area contributed by atoms with E-state index in [1.165, 1.54) is 4.88 Å². The molecule has 3 nitrogen and oxygen atoms in total. The third kappa shape index (κ3) is 3.57. The van der Waals surface area contributed by atoms with Gasteiger partial charge in [0.2, 0.25) is 0 Å². The van der Waals surface area contributed by atoms with Gasteiger partial charge in [0.05, 0.1) is 5.60 Å². The van der Waals surface area contributed by atoms with Crippen LogP contribution in [0.1, 0.15) is 30.6 Å². The lowest BCUT2D eigenvalue weighted by atomic mass is 9.84. The molecule has 0 bridgehead atoms. The number of hydrogen-bond acceptors (Lipinski definition) is 4. The van der Waals surface area contributed by atoms with Crippen molar-refractivity contribution in [1.82, 2.24) is 5.32 Å². The Bertz CT molecular complexity index is 368. The standard InChI is InChI=1S/C15H23NO2S/c1-2-14(19-11-1)3-7-16-13-4-8-18-15(12-13)5-9-17-10-6-15/h1-2,11,13,16H,3-10,12H2/t13-/m0/s1. The molecule has 0 saturated carbocycles. The number of thiophene rings is 1. The van der Waals surface area contributed by atoms with Gasteiger partial charge in [0, 0.05) is 37.3 Å². The first-order valence-corrected chi connectivity index (χ1v) is 8.22. The molecule has 1 spiro atoms. The van der Waals surface area contributed by atoms with Crippen molar-refractivity contribution < 1.29 is 9.47 Å². The fourth-order valence-electron chi connectivity index (χ4n) is 3.15. The summed E-state index contributed by atoms with van der Waals surface area (Å²) in [5, 5.41) is 5.87. The lowest BCUT2D eigenvalue weighted by Gasteiger charge is -2.43. The Morgan fingerprint density at radius 1 is 1.32 bits per heavy atom. The summed E-state index contributed by atoms with van der Waals surface area (Å²) in [7, 11) is 0. The van der Waals surface area contributed by atoms with E-state index in [2.05, 4.69) is 22.8 Å². The zero-order valence-corrected chi connectivity index (χ0v) is 12.2. The molecule has 1 aromatic rings. The minimum atomic E-state index is 0.108. The summed E-state index contributed by atoms with van der Waals surface area (Å²) in [6.45, 7) is 3.71. The van der Waals surface area contributed by atoms with Crippen LogP contribution in [0.15, 0.2) is 17.5 Å². The van der Waals surface area contributed by atoms with Crippen LogP contribution in [0.25, 0.3) is 0 Å². The Morgan fingerprint density at radius 2 is 2.21 bits per heavy atom. The predicted octanol–water partition coefficient (Wildman–Crippen LogP) is 2.61. The van der Waals surface area contributed by atoms with Gasteiger partial charge in [-0.25, -0.2) is 0 Å². The van der Waals surface area contributed by atoms with E-state index in [0.717, 1.165) is 58.5 Å². The Labute approximate surface area is 119 Å². The van der Waals surface area contributed by atoms with Gasteiger partial charge in [-0.2, -0.15) is 0 Å². The van der Waals surface area contributed by atoms with Crippen molar-refractivity contribution in [2.24, 2.45) is 0 Å². The van der Waals surface area contributed by atoms with Crippen LogP contribution in [0, 0.1) is 0 Å². The summed E-state index contributed by atoms with van der Waals surface area (Å²) in [5.74, 6) is 0. The smallest absolute Gasteiger partial charge is 0.0741 e. The average molecular weight is 281 g/mol. The van der Waals surface area contributed by atoms with Gasteiger partial charge in [-0.15, -0.1) is 11.3 Å². The van der Waals surface area contributed by atoms with Crippen LogP contribution in [0.5, 0.6) is 0 Å². The van der Waals surface area contributed by atoms with E-state index < -0.39 is 0 Å². The summed E-state index contributed by atoms with van der Waals surface area (Å²) in [5.41, 5.74) is 0.108. The van der Waals surface area contributed by atoms with Crippen LogP contribution >= 0.6 is 11.3 Å². The number of ether oxygens (including phenoxy) is 2. The summed E-state index contributed by atoms with van der Waals surface area (Å²) in [6, 6.07) is 4.97. The minimum Gasteiger partial charge on any atom is -0.381 e. The van der Waals surface area contributed by atoms with E-state index in [1.54, 1.807) is 0 Å². The van der Waals surface area contributed by atoms with Crippen LogP contribution in [-0.4, -0.2) is 38.0 Å². The average Bonchev–Trinajstić information content (AvgIpc) is 2.93. The maximum absolute atomic E-state index is 6.07. The first-order valence-electron chi connectivity index (χ1n) is 7.34. The lowest BCUT2D eigenvalue weighted by Crippen LogP contribution is -2.50. The largest absolute Gasteiger partial charge is 0.381 e. The van der Waals surface area contributed by atoms with Crippen LogP contribution in [-0.2, 0) is 15.9 Å². The molecule has 3 heterocycles. The maximum Gasteiger partial charge on any atom is 0.0741 e. The van der Waals surface area contributed by atoms with E-state index in [9.17, 15) is 0 Å². The SMILES string of the molecule is c1csc(CCN[C@H]2CCOC3(CCOCC3)C2)c1. The molecular weight excluding hydrogens is 258 g/mol.